The third-order valence-corrected chi connectivity index (χ3v) is 4.11. The summed E-state index contributed by atoms with van der Waals surface area (Å²) >= 11 is 1.92. The van der Waals surface area contributed by atoms with Gasteiger partial charge >= 0.3 is 0 Å². The molecule has 2 N–H and O–H groups in total. The van der Waals surface area contributed by atoms with E-state index in [9.17, 15) is 0 Å². The standard InChI is InChI=1S/C17H21NS/c18-13-4-7-16-8-10-17(11-9-16)19-14-12-15-5-2-1-3-6-15/h1-3,5-6,8-11H,4,7,12-14,18H2. The monoisotopic (exact) mass is 271 g/mol. The first kappa shape index (κ1) is 14.2. The number of nitrogens with two attached hydrogens (primary N) is 1. The third kappa shape index (κ3) is 5.09. The molecule has 19 heavy (non-hydrogen) atoms. The van der Waals surface area contributed by atoms with Crippen LogP contribution in [0.3, 0.4) is 0 Å². The lowest BCUT2D eigenvalue weighted by Gasteiger charge is -2.04. The molecule has 0 aliphatic carbocycles. The minimum absolute atomic E-state index is 0.771. The highest BCUT2D eigenvalue weighted by Crippen LogP contribution is 2.20. The predicted molar refractivity (Wildman–Crippen MR) is 84.7 cm³/mol. The van der Waals surface area contributed by atoms with E-state index in [0.29, 0.717) is 0 Å². The molecular formula is C17H21NS. The van der Waals surface area contributed by atoms with Crippen LogP contribution in [0, 0.1) is 0 Å². The van der Waals surface area contributed by atoms with Crippen molar-refractivity contribution in [1.82, 2.24) is 0 Å². The summed E-state index contributed by atoms with van der Waals surface area (Å²) in [7, 11) is 0. The maximum Gasteiger partial charge on any atom is 0.00722 e. The summed E-state index contributed by atoms with van der Waals surface area (Å²) in [5, 5.41) is 0. The van der Waals surface area contributed by atoms with Gasteiger partial charge in [-0.05, 0) is 49.1 Å². The highest BCUT2D eigenvalue weighted by Gasteiger charge is 1.97. The van der Waals surface area contributed by atoms with Crippen molar-refractivity contribution in [2.45, 2.75) is 24.2 Å². The number of rotatable bonds is 7. The summed E-state index contributed by atoms with van der Waals surface area (Å²) in [4.78, 5) is 1.35. The minimum atomic E-state index is 0.771. The first-order valence-electron chi connectivity index (χ1n) is 6.84. The second-order valence-electron chi connectivity index (χ2n) is 4.62. The normalized spacial score (nSPS) is 10.6. The maximum atomic E-state index is 5.52. The van der Waals surface area contributed by atoms with Crippen molar-refractivity contribution < 1.29 is 0 Å². The summed E-state index contributed by atoms with van der Waals surface area (Å²) in [6.07, 6.45) is 3.28. The van der Waals surface area contributed by atoms with Gasteiger partial charge in [-0.15, -0.1) is 11.8 Å². The molecule has 0 fully saturated rings. The van der Waals surface area contributed by atoms with Crippen molar-refractivity contribution in [2.75, 3.05) is 12.3 Å². The average molecular weight is 271 g/mol. The van der Waals surface area contributed by atoms with Gasteiger partial charge in [-0.25, -0.2) is 0 Å². The van der Waals surface area contributed by atoms with Gasteiger partial charge in [-0.3, -0.25) is 0 Å². The lowest BCUT2D eigenvalue weighted by Crippen LogP contribution is -2.00. The van der Waals surface area contributed by atoms with Gasteiger partial charge in [0.2, 0.25) is 0 Å². The van der Waals surface area contributed by atoms with Crippen LogP contribution in [0.25, 0.3) is 0 Å². The zero-order valence-corrected chi connectivity index (χ0v) is 12.0. The van der Waals surface area contributed by atoms with Crippen LogP contribution >= 0.6 is 11.8 Å². The molecule has 2 heteroatoms. The summed E-state index contributed by atoms with van der Waals surface area (Å²) < 4.78 is 0. The number of aryl methyl sites for hydroxylation is 2. The van der Waals surface area contributed by atoms with Gasteiger partial charge in [0.05, 0.1) is 0 Å². The molecule has 0 saturated heterocycles. The summed E-state index contributed by atoms with van der Waals surface area (Å²) in [5.41, 5.74) is 8.32. The maximum absolute atomic E-state index is 5.52. The van der Waals surface area contributed by atoms with Crippen LogP contribution in [0.15, 0.2) is 59.5 Å². The SMILES string of the molecule is NCCCc1ccc(SCCc2ccccc2)cc1. The Bertz CT molecular complexity index is 464. The Morgan fingerprint density at radius 1 is 0.789 bits per heavy atom. The topological polar surface area (TPSA) is 26.0 Å². The van der Waals surface area contributed by atoms with Crippen molar-refractivity contribution in [3.63, 3.8) is 0 Å². The molecule has 0 atom stereocenters. The van der Waals surface area contributed by atoms with Gasteiger partial charge in [0, 0.05) is 10.6 Å². The summed E-state index contributed by atoms with van der Waals surface area (Å²) in [6, 6.07) is 19.5. The molecule has 0 aliphatic heterocycles. The van der Waals surface area contributed by atoms with Crippen LogP contribution < -0.4 is 5.73 Å². The molecule has 0 heterocycles. The Morgan fingerprint density at radius 2 is 1.47 bits per heavy atom. The van der Waals surface area contributed by atoms with E-state index in [1.165, 1.54) is 16.0 Å². The lowest BCUT2D eigenvalue weighted by atomic mass is 10.1. The molecule has 0 aliphatic rings. The smallest absolute Gasteiger partial charge is 0.00722 e. The van der Waals surface area contributed by atoms with Gasteiger partial charge < -0.3 is 5.73 Å². The van der Waals surface area contributed by atoms with Crippen molar-refractivity contribution in [2.24, 2.45) is 5.73 Å². The van der Waals surface area contributed by atoms with E-state index >= 15 is 0 Å². The van der Waals surface area contributed by atoms with E-state index in [1.807, 2.05) is 11.8 Å². The molecule has 0 saturated carbocycles. The van der Waals surface area contributed by atoms with Gasteiger partial charge in [0.25, 0.3) is 0 Å². The van der Waals surface area contributed by atoms with Gasteiger partial charge in [0.1, 0.15) is 0 Å². The van der Waals surface area contributed by atoms with Crippen LogP contribution in [-0.4, -0.2) is 12.3 Å². The van der Waals surface area contributed by atoms with Crippen LogP contribution in [0.5, 0.6) is 0 Å². The fraction of sp³-hybridized carbons (Fsp3) is 0.294. The lowest BCUT2D eigenvalue weighted by molar-refractivity contribution is 0.832. The number of benzene rings is 2. The largest absolute Gasteiger partial charge is 0.330 e. The molecule has 2 aromatic rings. The summed E-state index contributed by atoms with van der Waals surface area (Å²) in [5.74, 6) is 1.13. The molecule has 0 unspecified atom stereocenters. The Morgan fingerprint density at radius 3 is 2.16 bits per heavy atom. The fourth-order valence-corrected chi connectivity index (χ4v) is 2.89. The zero-order chi connectivity index (χ0) is 13.3. The highest BCUT2D eigenvalue weighted by molar-refractivity contribution is 7.99. The van der Waals surface area contributed by atoms with Crippen molar-refractivity contribution in [3.8, 4) is 0 Å². The third-order valence-electron chi connectivity index (χ3n) is 3.10. The molecule has 0 amide bonds. The van der Waals surface area contributed by atoms with E-state index in [0.717, 1.165) is 31.6 Å². The molecular weight excluding hydrogens is 250 g/mol. The number of hydrogen-bond donors (Lipinski definition) is 1. The Balaban J connectivity index is 1.77. The van der Waals surface area contributed by atoms with Gasteiger partial charge in [0.15, 0.2) is 0 Å². The Labute approximate surface area is 120 Å². The average Bonchev–Trinajstić information content (AvgIpc) is 2.47. The molecule has 2 aromatic carbocycles. The first-order chi connectivity index (χ1) is 9.38. The quantitative estimate of drug-likeness (QED) is 0.773. The predicted octanol–water partition coefficient (Wildman–Crippen LogP) is 3.91. The fourth-order valence-electron chi connectivity index (χ4n) is 1.99. The second-order valence-corrected chi connectivity index (χ2v) is 5.79. The number of thioether (sulfide) groups is 1. The zero-order valence-electron chi connectivity index (χ0n) is 11.2. The van der Waals surface area contributed by atoms with Crippen LogP contribution in [0.2, 0.25) is 0 Å². The molecule has 100 valence electrons. The Hall–Kier alpha value is -1.25. The highest BCUT2D eigenvalue weighted by atomic mass is 32.2. The van der Waals surface area contributed by atoms with E-state index in [-0.39, 0.29) is 0 Å². The molecule has 2 rings (SSSR count). The number of hydrogen-bond acceptors (Lipinski definition) is 2. The van der Waals surface area contributed by atoms with Gasteiger partial charge in [-0.1, -0.05) is 42.5 Å². The van der Waals surface area contributed by atoms with E-state index < -0.39 is 0 Å². The second kappa shape index (κ2) is 8.03. The van der Waals surface area contributed by atoms with Crippen molar-refractivity contribution in [3.05, 3.63) is 65.7 Å². The van der Waals surface area contributed by atoms with Crippen LogP contribution in [0.4, 0.5) is 0 Å². The minimum Gasteiger partial charge on any atom is -0.330 e. The molecule has 1 nitrogen and oxygen atoms in total. The first-order valence-corrected chi connectivity index (χ1v) is 7.83. The van der Waals surface area contributed by atoms with E-state index in [1.54, 1.807) is 0 Å². The molecule has 0 radical (unpaired) electrons. The van der Waals surface area contributed by atoms with E-state index in [2.05, 4.69) is 54.6 Å². The molecule has 0 spiro atoms. The van der Waals surface area contributed by atoms with Crippen molar-refractivity contribution in [1.29, 1.82) is 0 Å². The molecule has 0 aromatic heterocycles. The van der Waals surface area contributed by atoms with Gasteiger partial charge in [-0.2, -0.15) is 0 Å². The summed E-state index contributed by atoms with van der Waals surface area (Å²) in [6.45, 7) is 0.771. The van der Waals surface area contributed by atoms with Crippen molar-refractivity contribution >= 4 is 11.8 Å². The molecule has 0 bridgehead atoms. The van der Waals surface area contributed by atoms with Crippen LogP contribution in [-0.2, 0) is 12.8 Å². The Kier molecular flexibility index (Phi) is 5.99. The van der Waals surface area contributed by atoms with E-state index in [4.69, 9.17) is 5.73 Å². The van der Waals surface area contributed by atoms with Crippen LogP contribution in [0.1, 0.15) is 17.5 Å².